The van der Waals surface area contributed by atoms with Gasteiger partial charge in [0.15, 0.2) is 11.0 Å². The van der Waals surface area contributed by atoms with Crippen molar-refractivity contribution in [3.63, 3.8) is 0 Å². The highest BCUT2D eigenvalue weighted by Gasteiger charge is 2.17. The fraction of sp³-hybridized carbons (Fsp3) is 0.130. The number of hydrogen-bond donors (Lipinski definition) is 1. The van der Waals surface area contributed by atoms with Crippen molar-refractivity contribution in [2.45, 2.75) is 19.0 Å². The summed E-state index contributed by atoms with van der Waals surface area (Å²) in [6.07, 6.45) is 3.46. The molecule has 2 heterocycles. The third-order valence-corrected chi connectivity index (χ3v) is 5.43. The van der Waals surface area contributed by atoms with E-state index in [1.54, 1.807) is 12.4 Å². The first-order valence-electron chi connectivity index (χ1n) is 9.52. The molecule has 150 valence electrons. The van der Waals surface area contributed by atoms with Crippen LogP contribution in [0.2, 0.25) is 0 Å². The van der Waals surface area contributed by atoms with Crippen LogP contribution in [0.5, 0.6) is 0 Å². The van der Waals surface area contributed by atoms with Crippen LogP contribution in [0, 0.1) is 13.8 Å². The molecule has 30 heavy (non-hydrogen) atoms. The summed E-state index contributed by atoms with van der Waals surface area (Å²) in [6.45, 7) is 4.06. The smallest absolute Gasteiger partial charge is 0.234 e. The Balaban J connectivity index is 1.59. The maximum Gasteiger partial charge on any atom is 0.234 e. The Morgan fingerprint density at radius 1 is 0.967 bits per heavy atom. The highest BCUT2D eigenvalue weighted by Crippen LogP contribution is 2.28. The number of anilines is 1. The number of thioether (sulfide) groups is 1. The van der Waals surface area contributed by atoms with Crippen molar-refractivity contribution < 1.29 is 4.79 Å². The number of hydrogen-bond acceptors (Lipinski definition) is 5. The van der Waals surface area contributed by atoms with E-state index in [1.165, 1.54) is 11.8 Å². The van der Waals surface area contributed by atoms with Crippen LogP contribution in [-0.2, 0) is 4.79 Å². The van der Waals surface area contributed by atoms with Crippen molar-refractivity contribution in [2.24, 2.45) is 0 Å². The molecule has 0 atom stereocenters. The topological polar surface area (TPSA) is 72.7 Å². The Labute approximate surface area is 179 Å². The SMILES string of the molecule is Cc1ccc(NC(=O)CSc2nnc(-c3ccncc3)n2-c2cccc(C)c2)cc1. The van der Waals surface area contributed by atoms with Crippen LogP contribution in [0.4, 0.5) is 5.69 Å². The monoisotopic (exact) mass is 415 g/mol. The lowest BCUT2D eigenvalue weighted by atomic mass is 10.2. The first kappa shape index (κ1) is 19.8. The second-order valence-corrected chi connectivity index (χ2v) is 7.86. The zero-order valence-corrected chi connectivity index (χ0v) is 17.6. The summed E-state index contributed by atoms with van der Waals surface area (Å²) in [7, 11) is 0. The molecule has 0 radical (unpaired) electrons. The van der Waals surface area contributed by atoms with Gasteiger partial charge in [0.05, 0.1) is 5.75 Å². The molecule has 1 amide bonds. The third-order valence-electron chi connectivity index (χ3n) is 4.50. The molecule has 7 heteroatoms. The molecule has 6 nitrogen and oxygen atoms in total. The molecule has 0 saturated carbocycles. The van der Waals surface area contributed by atoms with Gasteiger partial charge in [-0.2, -0.15) is 0 Å². The predicted octanol–water partition coefficient (Wildman–Crippen LogP) is 4.68. The number of aromatic nitrogens is 4. The standard InChI is InChI=1S/C23H21N5OS/c1-16-6-8-19(9-7-16)25-21(29)15-30-23-27-26-22(18-10-12-24-13-11-18)28(23)20-5-3-4-17(2)14-20/h3-14H,15H2,1-2H3,(H,25,29). The number of nitrogens with one attached hydrogen (secondary N) is 1. The van der Waals surface area contributed by atoms with Crippen LogP contribution in [-0.4, -0.2) is 31.4 Å². The first-order chi connectivity index (χ1) is 14.6. The highest BCUT2D eigenvalue weighted by molar-refractivity contribution is 7.99. The Kier molecular flexibility index (Phi) is 5.90. The van der Waals surface area contributed by atoms with Crippen molar-refractivity contribution in [2.75, 3.05) is 11.1 Å². The lowest BCUT2D eigenvalue weighted by Gasteiger charge is -2.11. The van der Waals surface area contributed by atoms with Gasteiger partial charge in [0.25, 0.3) is 0 Å². The van der Waals surface area contributed by atoms with Gasteiger partial charge in [-0.1, -0.05) is 41.6 Å². The van der Waals surface area contributed by atoms with Gasteiger partial charge in [0.2, 0.25) is 5.91 Å². The van der Waals surface area contributed by atoms with Crippen molar-refractivity contribution in [1.82, 2.24) is 19.7 Å². The van der Waals surface area contributed by atoms with Gasteiger partial charge in [-0.25, -0.2) is 0 Å². The summed E-state index contributed by atoms with van der Waals surface area (Å²) in [6, 6.07) is 19.7. The van der Waals surface area contributed by atoms with E-state index in [9.17, 15) is 4.79 Å². The Bertz CT molecular complexity index is 1160. The number of carbonyl (C=O) groups is 1. The second kappa shape index (κ2) is 8.92. The largest absolute Gasteiger partial charge is 0.325 e. The van der Waals surface area contributed by atoms with Crippen LogP contribution in [0.25, 0.3) is 17.1 Å². The number of nitrogens with zero attached hydrogens (tertiary/aromatic N) is 4. The molecule has 0 aliphatic rings. The van der Waals surface area contributed by atoms with Gasteiger partial charge >= 0.3 is 0 Å². The molecular formula is C23H21N5OS. The average Bonchev–Trinajstić information content (AvgIpc) is 3.19. The zero-order valence-electron chi connectivity index (χ0n) is 16.7. The number of carbonyl (C=O) groups excluding carboxylic acids is 1. The van der Waals surface area contributed by atoms with Gasteiger partial charge in [0.1, 0.15) is 0 Å². The molecule has 4 rings (SSSR count). The molecule has 4 aromatic rings. The maximum atomic E-state index is 12.5. The summed E-state index contributed by atoms with van der Waals surface area (Å²) in [5, 5.41) is 12.3. The molecule has 2 aromatic heterocycles. The van der Waals surface area contributed by atoms with Crippen LogP contribution in [0.15, 0.2) is 78.2 Å². The van der Waals surface area contributed by atoms with Crippen LogP contribution < -0.4 is 5.32 Å². The van der Waals surface area contributed by atoms with Gasteiger partial charge in [-0.3, -0.25) is 14.3 Å². The van der Waals surface area contributed by atoms with Crippen LogP contribution >= 0.6 is 11.8 Å². The van der Waals surface area contributed by atoms with E-state index in [1.807, 2.05) is 73.0 Å². The highest BCUT2D eigenvalue weighted by atomic mass is 32.2. The molecule has 0 unspecified atom stereocenters. The molecular weight excluding hydrogens is 394 g/mol. The Morgan fingerprint density at radius 2 is 1.73 bits per heavy atom. The number of pyridine rings is 1. The number of rotatable bonds is 6. The quantitative estimate of drug-likeness (QED) is 0.463. The van der Waals surface area contributed by atoms with Gasteiger partial charge in [-0.15, -0.1) is 10.2 Å². The molecule has 0 aliphatic carbocycles. The maximum absolute atomic E-state index is 12.5. The summed E-state index contributed by atoms with van der Waals surface area (Å²) in [4.78, 5) is 16.5. The molecule has 0 fully saturated rings. The summed E-state index contributed by atoms with van der Waals surface area (Å²) < 4.78 is 1.98. The Morgan fingerprint density at radius 3 is 2.47 bits per heavy atom. The molecule has 0 bridgehead atoms. The van der Waals surface area contributed by atoms with Crippen LogP contribution in [0.3, 0.4) is 0 Å². The molecule has 0 saturated heterocycles. The van der Waals surface area contributed by atoms with E-state index in [0.29, 0.717) is 11.0 Å². The van der Waals surface area contributed by atoms with Gasteiger partial charge < -0.3 is 5.32 Å². The minimum absolute atomic E-state index is 0.0897. The van der Waals surface area contributed by atoms with Crippen molar-refractivity contribution in [3.05, 3.63) is 84.2 Å². The number of aryl methyl sites for hydroxylation is 2. The lowest BCUT2D eigenvalue weighted by molar-refractivity contribution is -0.113. The van der Waals surface area contributed by atoms with E-state index in [2.05, 4.69) is 26.6 Å². The van der Waals surface area contributed by atoms with E-state index < -0.39 is 0 Å². The summed E-state index contributed by atoms with van der Waals surface area (Å²) in [5.41, 5.74) is 4.93. The minimum atomic E-state index is -0.0897. The Hall–Kier alpha value is -3.45. The van der Waals surface area contributed by atoms with E-state index >= 15 is 0 Å². The fourth-order valence-corrected chi connectivity index (χ4v) is 3.77. The number of amides is 1. The van der Waals surface area contributed by atoms with Gasteiger partial charge in [-0.05, 0) is 55.8 Å². The summed E-state index contributed by atoms with van der Waals surface area (Å²) >= 11 is 1.36. The van der Waals surface area contributed by atoms with Crippen molar-refractivity contribution in [1.29, 1.82) is 0 Å². The molecule has 1 N–H and O–H groups in total. The van der Waals surface area contributed by atoms with Crippen molar-refractivity contribution >= 4 is 23.4 Å². The molecule has 0 spiro atoms. The van der Waals surface area contributed by atoms with Gasteiger partial charge in [0, 0.05) is 29.3 Å². The average molecular weight is 416 g/mol. The minimum Gasteiger partial charge on any atom is -0.325 e. The third kappa shape index (κ3) is 4.58. The normalized spacial score (nSPS) is 10.7. The number of benzene rings is 2. The second-order valence-electron chi connectivity index (χ2n) is 6.92. The lowest BCUT2D eigenvalue weighted by Crippen LogP contribution is -2.14. The summed E-state index contributed by atoms with van der Waals surface area (Å²) in [5.74, 6) is 0.853. The fourth-order valence-electron chi connectivity index (χ4n) is 3.02. The molecule has 0 aliphatic heterocycles. The zero-order chi connectivity index (χ0) is 20.9. The van der Waals surface area contributed by atoms with Crippen LogP contribution in [0.1, 0.15) is 11.1 Å². The molecule has 2 aromatic carbocycles. The van der Waals surface area contributed by atoms with E-state index in [0.717, 1.165) is 28.1 Å². The van der Waals surface area contributed by atoms with Crippen molar-refractivity contribution in [3.8, 4) is 17.1 Å². The van der Waals surface area contributed by atoms with E-state index in [4.69, 9.17) is 0 Å². The van der Waals surface area contributed by atoms with E-state index in [-0.39, 0.29) is 11.7 Å². The predicted molar refractivity (Wildman–Crippen MR) is 120 cm³/mol. The first-order valence-corrected chi connectivity index (χ1v) is 10.5.